The number of sulfone groups is 1. The summed E-state index contributed by atoms with van der Waals surface area (Å²) < 4.78 is 23.1. The molecule has 6 heteroatoms. The molecule has 1 aliphatic rings. The lowest BCUT2D eigenvalue weighted by Crippen LogP contribution is -2.41. The van der Waals surface area contributed by atoms with E-state index in [4.69, 9.17) is 11.6 Å². The Morgan fingerprint density at radius 3 is 2.77 bits per heavy atom. The number of aromatic amines is 1. The minimum atomic E-state index is -2.82. The minimum absolute atomic E-state index is 0.279. The predicted molar refractivity (Wildman–Crippen MR) is 106 cm³/mol. The number of hydrogen-bond donors (Lipinski definition) is 1. The Balaban J connectivity index is 1.47. The minimum Gasteiger partial charge on any atom is -0.354 e. The van der Waals surface area contributed by atoms with Crippen LogP contribution in [-0.4, -0.2) is 49.4 Å². The number of rotatable bonds is 4. The molecule has 4 nitrogen and oxygen atoms in total. The second-order valence-corrected chi connectivity index (χ2v) is 9.52. The molecule has 0 bridgehead atoms. The van der Waals surface area contributed by atoms with Crippen LogP contribution in [0.15, 0.2) is 42.5 Å². The van der Waals surface area contributed by atoms with Crippen LogP contribution in [-0.2, 0) is 16.3 Å². The number of aromatic nitrogens is 1. The first-order chi connectivity index (χ1) is 12.5. The van der Waals surface area contributed by atoms with Crippen molar-refractivity contribution in [3.63, 3.8) is 0 Å². The van der Waals surface area contributed by atoms with Gasteiger partial charge in [0.25, 0.3) is 0 Å². The topological polar surface area (TPSA) is 53.2 Å². The molecule has 1 saturated heterocycles. The summed E-state index contributed by atoms with van der Waals surface area (Å²) in [5.41, 5.74) is 4.37. The van der Waals surface area contributed by atoms with Crippen LogP contribution in [0.2, 0.25) is 5.02 Å². The molecule has 1 fully saturated rings. The summed E-state index contributed by atoms with van der Waals surface area (Å²) in [6.45, 7) is 2.16. The van der Waals surface area contributed by atoms with E-state index in [1.165, 1.54) is 5.56 Å². The van der Waals surface area contributed by atoms with Crippen molar-refractivity contribution in [2.45, 2.75) is 6.42 Å². The maximum atomic E-state index is 11.5. The van der Waals surface area contributed by atoms with Gasteiger partial charge < -0.3 is 9.88 Å². The van der Waals surface area contributed by atoms with E-state index in [1.54, 1.807) is 6.07 Å². The molecule has 1 aromatic heterocycles. The summed E-state index contributed by atoms with van der Waals surface area (Å²) in [5.74, 6) is 0.558. The Bertz CT molecular complexity index is 1030. The summed E-state index contributed by atoms with van der Waals surface area (Å²) in [6.07, 6.45) is 0.909. The van der Waals surface area contributed by atoms with Gasteiger partial charge in [-0.2, -0.15) is 0 Å². The Hall–Kier alpha value is -1.82. The van der Waals surface area contributed by atoms with Crippen LogP contribution in [0.3, 0.4) is 0 Å². The van der Waals surface area contributed by atoms with Crippen LogP contribution in [0, 0.1) is 6.07 Å². The number of fused-ring (bicyclic) bond motifs is 1. The van der Waals surface area contributed by atoms with E-state index in [9.17, 15) is 8.42 Å². The third kappa shape index (κ3) is 3.95. The van der Waals surface area contributed by atoms with Crippen molar-refractivity contribution in [3.8, 4) is 11.3 Å². The molecular weight excluding hydrogens is 368 g/mol. The quantitative estimate of drug-likeness (QED) is 0.744. The van der Waals surface area contributed by atoms with Crippen LogP contribution < -0.4 is 0 Å². The Morgan fingerprint density at radius 2 is 1.96 bits per heavy atom. The molecule has 1 aliphatic heterocycles. The van der Waals surface area contributed by atoms with Crippen molar-refractivity contribution < 1.29 is 8.42 Å². The lowest BCUT2D eigenvalue weighted by atomic mass is 10.1. The first-order valence-electron chi connectivity index (χ1n) is 8.71. The number of hydrogen-bond acceptors (Lipinski definition) is 3. The van der Waals surface area contributed by atoms with Crippen molar-refractivity contribution in [2.75, 3.05) is 31.1 Å². The molecule has 26 heavy (non-hydrogen) atoms. The van der Waals surface area contributed by atoms with Crippen molar-refractivity contribution >= 4 is 32.3 Å². The van der Waals surface area contributed by atoms with Crippen molar-refractivity contribution in [1.29, 1.82) is 0 Å². The number of nitrogens with zero attached hydrogens (tertiary/aromatic N) is 1. The first-order valence-corrected chi connectivity index (χ1v) is 10.9. The van der Waals surface area contributed by atoms with E-state index in [0.29, 0.717) is 18.1 Å². The largest absolute Gasteiger partial charge is 0.354 e. The van der Waals surface area contributed by atoms with Crippen LogP contribution in [0.4, 0.5) is 0 Å². The molecule has 4 rings (SSSR count). The summed E-state index contributed by atoms with van der Waals surface area (Å²) in [5, 5.41) is 1.73. The molecule has 0 atom stereocenters. The monoisotopic (exact) mass is 387 g/mol. The molecule has 2 aromatic carbocycles. The highest BCUT2D eigenvalue weighted by molar-refractivity contribution is 7.91. The average molecular weight is 388 g/mol. The Labute approximate surface area is 158 Å². The fourth-order valence-corrected chi connectivity index (χ4v) is 4.80. The number of H-pyrrole nitrogens is 1. The fraction of sp³-hybridized carbons (Fsp3) is 0.300. The lowest BCUT2D eigenvalue weighted by molar-refractivity contribution is 0.299. The molecule has 0 saturated carbocycles. The maximum absolute atomic E-state index is 11.5. The van der Waals surface area contributed by atoms with Crippen LogP contribution >= 0.6 is 11.6 Å². The van der Waals surface area contributed by atoms with Crippen LogP contribution in [0.5, 0.6) is 0 Å². The van der Waals surface area contributed by atoms with Gasteiger partial charge in [-0.05, 0) is 41.8 Å². The van der Waals surface area contributed by atoms with Gasteiger partial charge in [-0.25, -0.2) is 8.42 Å². The number of halogens is 1. The standard InChI is InChI=1S/C20H20ClN2O2S/c21-18-4-5-19-17(13-18)14-20(22-19)16-3-1-2-15(12-16)6-7-23-8-10-26(24,25)11-9-23/h1-4,12-14,22H,6-11H2. The molecule has 0 unspecified atom stereocenters. The number of benzene rings is 2. The first kappa shape index (κ1) is 17.6. The van der Waals surface area contributed by atoms with Gasteiger partial charge in [0, 0.05) is 41.8 Å². The van der Waals surface area contributed by atoms with E-state index < -0.39 is 9.84 Å². The van der Waals surface area contributed by atoms with E-state index in [1.807, 2.05) is 6.07 Å². The van der Waals surface area contributed by atoms with Gasteiger partial charge in [0.2, 0.25) is 0 Å². The zero-order chi connectivity index (χ0) is 18.1. The van der Waals surface area contributed by atoms with Gasteiger partial charge >= 0.3 is 0 Å². The molecule has 1 radical (unpaired) electrons. The SMILES string of the molecule is O=S1(=O)CCN(CCc2cccc(-c3cc4cc(Cl)c[c]c4[nH]3)c2)CC1. The lowest BCUT2D eigenvalue weighted by Gasteiger charge is -2.26. The Kier molecular flexibility index (Phi) is 4.78. The highest BCUT2D eigenvalue weighted by atomic mass is 35.5. The molecule has 135 valence electrons. The molecule has 1 N–H and O–H groups in total. The summed E-state index contributed by atoms with van der Waals surface area (Å²) in [7, 11) is -2.82. The van der Waals surface area contributed by atoms with Gasteiger partial charge in [-0.1, -0.05) is 29.8 Å². The van der Waals surface area contributed by atoms with Crippen molar-refractivity contribution in [3.05, 3.63) is 59.1 Å². The molecule has 0 amide bonds. The van der Waals surface area contributed by atoms with Gasteiger partial charge in [-0.15, -0.1) is 0 Å². The molecule has 0 spiro atoms. The summed E-state index contributed by atoms with van der Waals surface area (Å²) >= 11 is 6.04. The molecular formula is C20H20ClN2O2S. The van der Waals surface area contributed by atoms with E-state index in [2.05, 4.69) is 46.3 Å². The van der Waals surface area contributed by atoms with Crippen LogP contribution in [0.25, 0.3) is 22.2 Å². The summed E-state index contributed by atoms with van der Waals surface area (Å²) in [6, 6.07) is 17.4. The van der Waals surface area contributed by atoms with Crippen LogP contribution in [0.1, 0.15) is 5.56 Å². The van der Waals surface area contributed by atoms with E-state index >= 15 is 0 Å². The van der Waals surface area contributed by atoms with E-state index in [-0.39, 0.29) is 11.5 Å². The summed E-state index contributed by atoms with van der Waals surface area (Å²) in [4.78, 5) is 5.62. The van der Waals surface area contributed by atoms with E-state index in [0.717, 1.165) is 35.1 Å². The third-order valence-electron chi connectivity index (χ3n) is 4.89. The second kappa shape index (κ2) is 7.06. The fourth-order valence-electron chi connectivity index (χ4n) is 3.35. The van der Waals surface area contributed by atoms with Gasteiger partial charge in [-0.3, -0.25) is 0 Å². The van der Waals surface area contributed by atoms with Gasteiger partial charge in [0.1, 0.15) is 0 Å². The van der Waals surface area contributed by atoms with Gasteiger partial charge in [0.15, 0.2) is 9.84 Å². The zero-order valence-electron chi connectivity index (χ0n) is 14.3. The average Bonchev–Trinajstić information content (AvgIpc) is 3.04. The Morgan fingerprint density at radius 1 is 1.15 bits per heavy atom. The van der Waals surface area contributed by atoms with Crippen molar-refractivity contribution in [2.24, 2.45) is 0 Å². The molecule has 3 aromatic rings. The van der Waals surface area contributed by atoms with Crippen molar-refractivity contribution in [1.82, 2.24) is 9.88 Å². The van der Waals surface area contributed by atoms with Gasteiger partial charge in [0.05, 0.1) is 17.0 Å². The number of nitrogens with one attached hydrogen (secondary N) is 1. The molecule has 0 aliphatic carbocycles. The highest BCUT2D eigenvalue weighted by Gasteiger charge is 2.21. The third-order valence-corrected chi connectivity index (χ3v) is 6.72. The predicted octanol–water partition coefficient (Wildman–Crippen LogP) is 3.56. The smallest absolute Gasteiger partial charge is 0.152 e. The molecule has 2 heterocycles. The zero-order valence-corrected chi connectivity index (χ0v) is 15.9. The highest BCUT2D eigenvalue weighted by Crippen LogP contribution is 2.26. The maximum Gasteiger partial charge on any atom is 0.152 e. The second-order valence-electron chi connectivity index (χ2n) is 6.78. The normalized spacial score (nSPS) is 17.6.